The summed E-state index contributed by atoms with van der Waals surface area (Å²) in [4.78, 5) is 11.4. The van der Waals surface area contributed by atoms with Gasteiger partial charge in [0.2, 0.25) is 0 Å². The molecule has 0 saturated heterocycles. The van der Waals surface area contributed by atoms with Gasteiger partial charge in [-0.05, 0) is 33.0 Å². The van der Waals surface area contributed by atoms with Gasteiger partial charge in [0, 0.05) is 18.3 Å². The quantitative estimate of drug-likeness (QED) is 0.694. The van der Waals surface area contributed by atoms with Crippen LogP contribution in [0.4, 0.5) is 0 Å². The third-order valence-electron chi connectivity index (χ3n) is 2.08. The Morgan fingerprint density at radius 1 is 1.46 bits per heavy atom. The summed E-state index contributed by atoms with van der Waals surface area (Å²) in [5.41, 5.74) is 1.12. The first kappa shape index (κ1) is 9.99. The molecule has 0 atom stereocenters. The monoisotopic (exact) mass is 180 g/mol. The molecule has 1 heterocycles. The largest absolute Gasteiger partial charge is 0.320 e. The maximum Gasteiger partial charge on any atom is 0.250 e. The lowest BCUT2D eigenvalue weighted by atomic mass is 10.3. The standard InChI is InChI=1S/C10H16N2O/c1-9-5-3-6-10(13)12(9)8-4-7-11-2/h3,5-6,11H,4,7-8H2,1-2H3. The van der Waals surface area contributed by atoms with Gasteiger partial charge in [0.25, 0.3) is 5.56 Å². The van der Waals surface area contributed by atoms with E-state index in [0.29, 0.717) is 0 Å². The fourth-order valence-corrected chi connectivity index (χ4v) is 1.32. The molecular formula is C10H16N2O. The molecule has 0 spiro atoms. The predicted octanol–water partition coefficient (Wildman–Crippen LogP) is 0.766. The lowest BCUT2D eigenvalue weighted by molar-refractivity contribution is 0.586. The SMILES string of the molecule is CNCCCn1c(C)cccc1=O. The molecule has 0 amide bonds. The van der Waals surface area contributed by atoms with E-state index in [1.165, 1.54) is 0 Å². The van der Waals surface area contributed by atoms with Gasteiger partial charge in [-0.25, -0.2) is 0 Å². The minimum absolute atomic E-state index is 0.0936. The Morgan fingerprint density at radius 3 is 2.85 bits per heavy atom. The van der Waals surface area contributed by atoms with Gasteiger partial charge >= 0.3 is 0 Å². The first-order chi connectivity index (χ1) is 6.25. The first-order valence-electron chi connectivity index (χ1n) is 4.57. The fourth-order valence-electron chi connectivity index (χ4n) is 1.32. The van der Waals surface area contributed by atoms with E-state index in [9.17, 15) is 4.79 Å². The fraction of sp³-hybridized carbons (Fsp3) is 0.500. The molecule has 3 heteroatoms. The zero-order chi connectivity index (χ0) is 9.68. The predicted molar refractivity (Wildman–Crippen MR) is 54.0 cm³/mol. The van der Waals surface area contributed by atoms with Crippen LogP contribution in [0.1, 0.15) is 12.1 Å². The van der Waals surface area contributed by atoms with Crippen molar-refractivity contribution in [3.8, 4) is 0 Å². The molecule has 1 rings (SSSR count). The van der Waals surface area contributed by atoms with Crippen molar-refractivity contribution in [2.75, 3.05) is 13.6 Å². The lowest BCUT2D eigenvalue weighted by Crippen LogP contribution is -2.22. The maximum atomic E-state index is 11.4. The second-order valence-electron chi connectivity index (χ2n) is 3.11. The van der Waals surface area contributed by atoms with Crippen LogP contribution in [0, 0.1) is 6.92 Å². The van der Waals surface area contributed by atoms with Gasteiger partial charge in [-0.15, -0.1) is 0 Å². The number of aryl methyl sites for hydroxylation is 1. The van der Waals surface area contributed by atoms with Crippen molar-refractivity contribution in [3.05, 3.63) is 34.2 Å². The van der Waals surface area contributed by atoms with E-state index in [4.69, 9.17) is 0 Å². The molecule has 1 N–H and O–H groups in total. The molecule has 1 aromatic rings. The minimum Gasteiger partial charge on any atom is -0.320 e. The molecule has 0 aliphatic heterocycles. The van der Waals surface area contributed by atoms with Gasteiger partial charge in [-0.2, -0.15) is 0 Å². The van der Waals surface area contributed by atoms with Crippen LogP contribution < -0.4 is 10.9 Å². The van der Waals surface area contributed by atoms with Gasteiger partial charge in [0.1, 0.15) is 0 Å². The van der Waals surface area contributed by atoms with Crippen LogP contribution in [-0.4, -0.2) is 18.2 Å². The number of nitrogens with one attached hydrogen (secondary N) is 1. The van der Waals surface area contributed by atoms with Crippen LogP contribution in [0.15, 0.2) is 23.0 Å². The number of pyridine rings is 1. The molecule has 1 aromatic heterocycles. The summed E-state index contributed by atoms with van der Waals surface area (Å²) in [6.45, 7) is 3.70. The third-order valence-corrected chi connectivity index (χ3v) is 2.08. The average Bonchev–Trinajstić information content (AvgIpc) is 2.10. The van der Waals surface area contributed by atoms with E-state index in [1.54, 1.807) is 16.7 Å². The second kappa shape index (κ2) is 4.82. The average molecular weight is 180 g/mol. The molecular weight excluding hydrogens is 164 g/mol. The van der Waals surface area contributed by atoms with Crippen LogP contribution in [0.5, 0.6) is 0 Å². The van der Waals surface area contributed by atoms with Crippen molar-refractivity contribution in [2.45, 2.75) is 19.9 Å². The zero-order valence-electron chi connectivity index (χ0n) is 8.21. The molecule has 0 aromatic carbocycles. The summed E-state index contributed by atoms with van der Waals surface area (Å²) in [6, 6.07) is 5.36. The normalized spacial score (nSPS) is 10.3. The topological polar surface area (TPSA) is 34.0 Å². The van der Waals surface area contributed by atoms with Gasteiger partial charge in [-0.1, -0.05) is 6.07 Å². The summed E-state index contributed by atoms with van der Waals surface area (Å²) < 4.78 is 1.80. The summed E-state index contributed by atoms with van der Waals surface area (Å²) in [5.74, 6) is 0. The van der Waals surface area contributed by atoms with Crippen LogP contribution >= 0.6 is 0 Å². The zero-order valence-corrected chi connectivity index (χ0v) is 8.21. The molecule has 72 valence electrons. The van der Waals surface area contributed by atoms with E-state index >= 15 is 0 Å². The van der Waals surface area contributed by atoms with E-state index in [1.807, 2.05) is 20.0 Å². The summed E-state index contributed by atoms with van der Waals surface area (Å²) >= 11 is 0. The van der Waals surface area contributed by atoms with E-state index in [-0.39, 0.29) is 5.56 Å². The Labute approximate surface area is 78.4 Å². The number of rotatable bonds is 4. The highest BCUT2D eigenvalue weighted by Crippen LogP contribution is 1.94. The number of aromatic nitrogens is 1. The summed E-state index contributed by atoms with van der Waals surface area (Å²) in [6.07, 6.45) is 0.987. The Morgan fingerprint density at radius 2 is 2.23 bits per heavy atom. The van der Waals surface area contributed by atoms with E-state index in [2.05, 4.69) is 5.32 Å². The molecule has 0 unspecified atom stereocenters. The molecule has 0 aliphatic carbocycles. The molecule has 0 aliphatic rings. The van der Waals surface area contributed by atoms with Crippen molar-refractivity contribution in [3.63, 3.8) is 0 Å². The van der Waals surface area contributed by atoms with Gasteiger partial charge in [0.05, 0.1) is 0 Å². The highest BCUT2D eigenvalue weighted by molar-refractivity contribution is 5.04. The summed E-state index contributed by atoms with van der Waals surface area (Å²) in [5, 5.41) is 3.06. The van der Waals surface area contributed by atoms with Crippen LogP contribution in [-0.2, 0) is 6.54 Å². The van der Waals surface area contributed by atoms with Crippen LogP contribution in [0.25, 0.3) is 0 Å². The number of hydrogen-bond donors (Lipinski definition) is 1. The maximum absolute atomic E-state index is 11.4. The first-order valence-corrected chi connectivity index (χ1v) is 4.57. The van der Waals surface area contributed by atoms with E-state index in [0.717, 1.165) is 25.2 Å². The molecule has 0 bridgehead atoms. The van der Waals surface area contributed by atoms with Crippen molar-refractivity contribution >= 4 is 0 Å². The van der Waals surface area contributed by atoms with E-state index < -0.39 is 0 Å². The van der Waals surface area contributed by atoms with Gasteiger partial charge in [-0.3, -0.25) is 4.79 Å². The smallest absolute Gasteiger partial charge is 0.250 e. The molecule has 0 fully saturated rings. The second-order valence-corrected chi connectivity index (χ2v) is 3.11. The lowest BCUT2D eigenvalue weighted by Gasteiger charge is -2.08. The Bertz CT molecular complexity index is 317. The summed E-state index contributed by atoms with van der Waals surface area (Å²) in [7, 11) is 1.92. The van der Waals surface area contributed by atoms with Crippen molar-refractivity contribution in [1.82, 2.24) is 9.88 Å². The minimum atomic E-state index is 0.0936. The highest BCUT2D eigenvalue weighted by atomic mass is 16.1. The molecule has 3 nitrogen and oxygen atoms in total. The Hall–Kier alpha value is -1.09. The third kappa shape index (κ3) is 2.70. The molecule has 0 radical (unpaired) electrons. The Balaban J connectivity index is 2.70. The number of nitrogens with zero attached hydrogens (tertiary/aromatic N) is 1. The Kier molecular flexibility index (Phi) is 3.71. The highest BCUT2D eigenvalue weighted by Gasteiger charge is 1.97. The van der Waals surface area contributed by atoms with Crippen molar-refractivity contribution in [1.29, 1.82) is 0 Å². The van der Waals surface area contributed by atoms with Gasteiger partial charge < -0.3 is 9.88 Å². The van der Waals surface area contributed by atoms with Crippen LogP contribution in [0.3, 0.4) is 0 Å². The molecule has 13 heavy (non-hydrogen) atoms. The number of hydrogen-bond acceptors (Lipinski definition) is 2. The molecule has 0 saturated carbocycles. The van der Waals surface area contributed by atoms with Crippen molar-refractivity contribution in [2.24, 2.45) is 0 Å². The van der Waals surface area contributed by atoms with Crippen LogP contribution in [0.2, 0.25) is 0 Å². The van der Waals surface area contributed by atoms with Gasteiger partial charge in [0.15, 0.2) is 0 Å². The van der Waals surface area contributed by atoms with Crippen molar-refractivity contribution < 1.29 is 0 Å².